The Kier molecular flexibility index (Phi) is 3.47. The van der Waals surface area contributed by atoms with E-state index in [0.717, 1.165) is 22.4 Å². The molecule has 1 heterocycles. The van der Waals surface area contributed by atoms with Crippen LogP contribution < -0.4 is 0 Å². The normalized spacial score (nSPS) is 11.9. The predicted octanol–water partition coefficient (Wildman–Crippen LogP) is 4.22. The van der Waals surface area contributed by atoms with E-state index >= 15 is 0 Å². The summed E-state index contributed by atoms with van der Waals surface area (Å²) in [4.78, 5) is 12.9. The zero-order valence-corrected chi connectivity index (χ0v) is 14.2. The van der Waals surface area contributed by atoms with Crippen molar-refractivity contribution in [2.75, 3.05) is 6.26 Å². The highest BCUT2D eigenvalue weighted by Crippen LogP contribution is 2.29. The van der Waals surface area contributed by atoms with Crippen molar-refractivity contribution in [1.29, 1.82) is 0 Å². The van der Waals surface area contributed by atoms with Gasteiger partial charge < -0.3 is 4.42 Å². The Morgan fingerprint density at radius 3 is 2.32 bits per heavy atom. The number of furan rings is 1. The minimum Gasteiger partial charge on any atom is -0.453 e. The average Bonchev–Trinajstić information content (AvgIpc) is 3.05. The van der Waals surface area contributed by atoms with E-state index in [-0.39, 0.29) is 16.4 Å². The molecule has 124 valence electrons. The molecule has 0 spiro atoms. The number of ketones is 1. The summed E-state index contributed by atoms with van der Waals surface area (Å²) < 4.78 is 28.8. The summed E-state index contributed by atoms with van der Waals surface area (Å²) >= 11 is 0. The van der Waals surface area contributed by atoms with Crippen LogP contribution in [0.1, 0.15) is 16.1 Å². The van der Waals surface area contributed by atoms with Crippen LogP contribution in [0.4, 0.5) is 0 Å². The van der Waals surface area contributed by atoms with Gasteiger partial charge in [-0.15, -0.1) is 0 Å². The molecule has 3 aromatic carbocycles. The van der Waals surface area contributed by atoms with Crippen LogP contribution in [0.3, 0.4) is 0 Å². The first-order chi connectivity index (χ1) is 11.9. The van der Waals surface area contributed by atoms with Gasteiger partial charge in [-0.2, -0.15) is 0 Å². The lowest BCUT2D eigenvalue weighted by molar-refractivity contribution is 0.101. The lowest BCUT2D eigenvalue weighted by Crippen LogP contribution is -2.01. The molecule has 0 unspecified atom stereocenters. The van der Waals surface area contributed by atoms with Crippen LogP contribution >= 0.6 is 0 Å². The highest BCUT2D eigenvalue weighted by atomic mass is 32.2. The summed E-state index contributed by atoms with van der Waals surface area (Å²) in [6.07, 6.45) is 1.13. The van der Waals surface area contributed by atoms with E-state index < -0.39 is 9.84 Å². The topological polar surface area (TPSA) is 64.3 Å². The first-order valence-electron chi connectivity index (χ1n) is 7.69. The van der Waals surface area contributed by atoms with Gasteiger partial charge in [0.15, 0.2) is 15.6 Å². The molecule has 4 nitrogen and oxygen atoms in total. The molecule has 0 aliphatic heterocycles. The molecule has 0 atom stereocenters. The van der Waals surface area contributed by atoms with Gasteiger partial charge in [0.25, 0.3) is 0 Å². The molecule has 0 aliphatic carbocycles. The number of rotatable bonds is 3. The minimum absolute atomic E-state index is 0.180. The lowest BCUT2D eigenvalue weighted by atomic mass is 10.1. The van der Waals surface area contributed by atoms with E-state index in [4.69, 9.17) is 4.42 Å². The summed E-state index contributed by atoms with van der Waals surface area (Å²) in [6.45, 7) is 0. The Hall–Kier alpha value is -2.92. The van der Waals surface area contributed by atoms with Crippen LogP contribution in [0.25, 0.3) is 21.7 Å². The number of sulfone groups is 1. The second-order valence-electron chi connectivity index (χ2n) is 5.93. The third-order valence-electron chi connectivity index (χ3n) is 4.19. The molecular formula is C20H14O4S. The van der Waals surface area contributed by atoms with Crippen molar-refractivity contribution in [2.45, 2.75) is 4.90 Å². The number of benzene rings is 3. The van der Waals surface area contributed by atoms with E-state index in [1.807, 2.05) is 36.4 Å². The molecule has 0 saturated carbocycles. The van der Waals surface area contributed by atoms with Crippen LogP contribution in [0.2, 0.25) is 0 Å². The van der Waals surface area contributed by atoms with Crippen LogP contribution in [0, 0.1) is 0 Å². The van der Waals surface area contributed by atoms with Crippen molar-refractivity contribution >= 4 is 37.4 Å². The van der Waals surface area contributed by atoms with Crippen LogP contribution in [0.15, 0.2) is 76.0 Å². The van der Waals surface area contributed by atoms with Crippen molar-refractivity contribution in [3.63, 3.8) is 0 Å². The van der Waals surface area contributed by atoms with Gasteiger partial charge in [-0.3, -0.25) is 4.79 Å². The molecule has 0 aliphatic rings. The molecule has 4 rings (SSSR count). The maximum atomic E-state index is 12.7. The van der Waals surface area contributed by atoms with Gasteiger partial charge in [0.05, 0.1) is 4.90 Å². The maximum Gasteiger partial charge on any atom is 0.228 e. The molecule has 0 amide bonds. The Morgan fingerprint density at radius 1 is 0.880 bits per heavy atom. The van der Waals surface area contributed by atoms with E-state index in [9.17, 15) is 13.2 Å². The predicted molar refractivity (Wildman–Crippen MR) is 96.7 cm³/mol. The summed E-state index contributed by atoms with van der Waals surface area (Å²) in [7, 11) is -3.29. The fourth-order valence-electron chi connectivity index (χ4n) is 2.90. The van der Waals surface area contributed by atoms with Crippen LogP contribution in [-0.4, -0.2) is 20.5 Å². The SMILES string of the molecule is CS(=O)(=O)c1ccc(C(=O)c2cc3c(ccc4ccccc43)o2)cc1. The van der Waals surface area contributed by atoms with Gasteiger partial charge in [0.1, 0.15) is 5.58 Å². The van der Waals surface area contributed by atoms with Crippen molar-refractivity contribution in [3.05, 3.63) is 78.1 Å². The number of fused-ring (bicyclic) bond motifs is 3. The molecule has 1 aromatic heterocycles. The molecular weight excluding hydrogens is 336 g/mol. The lowest BCUT2D eigenvalue weighted by Gasteiger charge is -2.00. The molecule has 5 heteroatoms. The van der Waals surface area contributed by atoms with Crippen molar-refractivity contribution in [3.8, 4) is 0 Å². The first kappa shape index (κ1) is 15.6. The zero-order chi connectivity index (χ0) is 17.6. The van der Waals surface area contributed by atoms with Gasteiger partial charge in [0, 0.05) is 17.2 Å². The molecule has 0 saturated heterocycles. The second kappa shape index (κ2) is 5.57. The number of carbonyl (C=O) groups is 1. The summed E-state index contributed by atoms with van der Waals surface area (Å²) in [5.41, 5.74) is 1.03. The third-order valence-corrected chi connectivity index (χ3v) is 5.32. The molecule has 0 N–H and O–H groups in total. The third kappa shape index (κ3) is 2.72. The maximum absolute atomic E-state index is 12.7. The largest absolute Gasteiger partial charge is 0.453 e. The minimum atomic E-state index is -3.29. The fraction of sp³-hybridized carbons (Fsp3) is 0.0500. The Morgan fingerprint density at radius 2 is 1.60 bits per heavy atom. The van der Waals surface area contributed by atoms with Crippen molar-refractivity contribution < 1.29 is 17.6 Å². The average molecular weight is 350 g/mol. The highest BCUT2D eigenvalue weighted by molar-refractivity contribution is 7.90. The summed E-state index contributed by atoms with van der Waals surface area (Å²) in [5, 5.41) is 2.98. The van der Waals surface area contributed by atoms with Gasteiger partial charge in [-0.05, 0) is 47.2 Å². The van der Waals surface area contributed by atoms with Crippen LogP contribution in [0.5, 0.6) is 0 Å². The van der Waals surface area contributed by atoms with Gasteiger partial charge in [-0.25, -0.2) is 8.42 Å². The van der Waals surface area contributed by atoms with E-state index in [0.29, 0.717) is 11.1 Å². The number of hydrogen-bond acceptors (Lipinski definition) is 4. The van der Waals surface area contributed by atoms with Gasteiger partial charge in [-0.1, -0.05) is 30.3 Å². The summed E-state index contributed by atoms with van der Waals surface area (Å²) in [5.74, 6) is -0.0428. The molecule has 0 radical (unpaired) electrons. The Bertz CT molecular complexity index is 1220. The van der Waals surface area contributed by atoms with Gasteiger partial charge in [0.2, 0.25) is 5.78 Å². The molecule has 0 bridgehead atoms. The zero-order valence-electron chi connectivity index (χ0n) is 13.4. The fourth-order valence-corrected chi connectivity index (χ4v) is 3.53. The quantitative estimate of drug-likeness (QED) is 0.519. The number of hydrogen-bond donors (Lipinski definition) is 0. The molecule has 4 aromatic rings. The standard InChI is InChI=1S/C20H14O4S/c1-25(22,23)15-9-6-14(7-10-15)20(21)19-12-17-16-5-3-2-4-13(16)8-11-18(17)24-19/h2-12H,1H3. The molecule has 0 fully saturated rings. The Labute approximate surface area is 144 Å². The summed E-state index contributed by atoms with van der Waals surface area (Å²) in [6, 6.07) is 19.3. The monoisotopic (exact) mass is 350 g/mol. The first-order valence-corrected chi connectivity index (χ1v) is 9.59. The van der Waals surface area contributed by atoms with E-state index in [1.54, 1.807) is 6.07 Å². The van der Waals surface area contributed by atoms with E-state index in [2.05, 4.69) is 0 Å². The van der Waals surface area contributed by atoms with Crippen molar-refractivity contribution in [1.82, 2.24) is 0 Å². The Balaban J connectivity index is 1.79. The van der Waals surface area contributed by atoms with E-state index in [1.165, 1.54) is 24.3 Å². The van der Waals surface area contributed by atoms with Crippen LogP contribution in [-0.2, 0) is 9.84 Å². The van der Waals surface area contributed by atoms with Crippen molar-refractivity contribution in [2.24, 2.45) is 0 Å². The highest BCUT2D eigenvalue weighted by Gasteiger charge is 2.17. The number of carbonyl (C=O) groups excluding carboxylic acids is 1. The second-order valence-corrected chi connectivity index (χ2v) is 7.95. The smallest absolute Gasteiger partial charge is 0.228 e. The molecule has 25 heavy (non-hydrogen) atoms. The van der Waals surface area contributed by atoms with Gasteiger partial charge >= 0.3 is 0 Å².